The van der Waals surface area contributed by atoms with Crippen LogP contribution in [0.3, 0.4) is 0 Å². The highest BCUT2D eigenvalue weighted by Crippen LogP contribution is 2.40. The maximum atomic E-state index is 12.6. The van der Waals surface area contributed by atoms with Crippen LogP contribution in [0, 0.1) is 5.92 Å². The molecular formula is C18H20N2OS. The fourth-order valence-corrected chi connectivity index (χ4v) is 3.61. The zero-order valence-corrected chi connectivity index (χ0v) is 13.2. The SMILES string of the molecule is NSc1cccc(NC(=O)[C@@H]2CCC[C@@H]2c2ccccc2)c1. The summed E-state index contributed by atoms with van der Waals surface area (Å²) in [7, 11) is 0. The molecule has 1 saturated carbocycles. The molecule has 0 saturated heterocycles. The Labute approximate surface area is 135 Å². The first kappa shape index (κ1) is 15.1. The van der Waals surface area contributed by atoms with Gasteiger partial charge in [0.15, 0.2) is 0 Å². The summed E-state index contributed by atoms with van der Waals surface area (Å²) in [5, 5.41) is 8.62. The zero-order chi connectivity index (χ0) is 15.4. The van der Waals surface area contributed by atoms with Crippen molar-refractivity contribution in [3.63, 3.8) is 0 Å². The Morgan fingerprint density at radius 2 is 1.91 bits per heavy atom. The average molecular weight is 312 g/mol. The second-order valence-electron chi connectivity index (χ2n) is 5.69. The van der Waals surface area contributed by atoms with Gasteiger partial charge in [-0.2, -0.15) is 0 Å². The molecule has 2 atom stereocenters. The normalized spacial score (nSPS) is 20.8. The Kier molecular flexibility index (Phi) is 4.80. The number of anilines is 1. The van der Waals surface area contributed by atoms with Gasteiger partial charge in [0.05, 0.1) is 0 Å². The number of carbonyl (C=O) groups is 1. The van der Waals surface area contributed by atoms with E-state index < -0.39 is 0 Å². The summed E-state index contributed by atoms with van der Waals surface area (Å²) in [6.07, 6.45) is 3.15. The highest BCUT2D eigenvalue weighted by Gasteiger charge is 2.33. The van der Waals surface area contributed by atoms with Crippen LogP contribution >= 0.6 is 11.9 Å². The average Bonchev–Trinajstić information content (AvgIpc) is 3.05. The molecule has 3 N–H and O–H groups in total. The van der Waals surface area contributed by atoms with Crippen molar-refractivity contribution in [3.05, 3.63) is 60.2 Å². The summed E-state index contributed by atoms with van der Waals surface area (Å²) >= 11 is 1.19. The Balaban J connectivity index is 1.73. The van der Waals surface area contributed by atoms with Gasteiger partial charge < -0.3 is 5.32 Å². The van der Waals surface area contributed by atoms with E-state index in [9.17, 15) is 4.79 Å². The number of benzene rings is 2. The van der Waals surface area contributed by atoms with Crippen LogP contribution in [-0.2, 0) is 4.79 Å². The summed E-state index contributed by atoms with van der Waals surface area (Å²) in [5.74, 6) is 0.496. The van der Waals surface area contributed by atoms with Crippen molar-refractivity contribution in [2.24, 2.45) is 11.1 Å². The van der Waals surface area contributed by atoms with Gasteiger partial charge in [0.25, 0.3) is 0 Å². The van der Waals surface area contributed by atoms with Crippen LogP contribution < -0.4 is 10.5 Å². The van der Waals surface area contributed by atoms with E-state index in [1.807, 2.05) is 42.5 Å². The lowest BCUT2D eigenvalue weighted by Gasteiger charge is -2.19. The van der Waals surface area contributed by atoms with Crippen molar-refractivity contribution in [1.82, 2.24) is 0 Å². The highest BCUT2D eigenvalue weighted by atomic mass is 32.2. The lowest BCUT2D eigenvalue weighted by atomic mass is 9.88. The smallest absolute Gasteiger partial charge is 0.228 e. The van der Waals surface area contributed by atoms with E-state index >= 15 is 0 Å². The third-order valence-corrected chi connectivity index (χ3v) is 4.84. The first-order valence-corrected chi connectivity index (χ1v) is 8.48. The third-order valence-electron chi connectivity index (χ3n) is 4.32. The van der Waals surface area contributed by atoms with Gasteiger partial charge in [0.2, 0.25) is 5.91 Å². The van der Waals surface area contributed by atoms with Crippen molar-refractivity contribution in [3.8, 4) is 0 Å². The fourth-order valence-electron chi connectivity index (χ4n) is 3.26. The predicted octanol–water partition coefficient (Wildman–Crippen LogP) is 4.17. The molecule has 4 heteroatoms. The van der Waals surface area contributed by atoms with Crippen LogP contribution in [0.25, 0.3) is 0 Å². The molecule has 1 fully saturated rings. The highest BCUT2D eigenvalue weighted by molar-refractivity contribution is 7.97. The molecule has 2 aromatic rings. The summed E-state index contributed by atoms with van der Waals surface area (Å²) in [6, 6.07) is 18.0. The summed E-state index contributed by atoms with van der Waals surface area (Å²) < 4.78 is 0. The number of nitrogens with one attached hydrogen (secondary N) is 1. The van der Waals surface area contributed by atoms with E-state index in [2.05, 4.69) is 17.4 Å². The Hall–Kier alpha value is -1.78. The van der Waals surface area contributed by atoms with Gasteiger partial charge in [-0.05, 0) is 54.5 Å². The van der Waals surface area contributed by atoms with Gasteiger partial charge in [-0.25, -0.2) is 0 Å². The van der Waals surface area contributed by atoms with Crippen LogP contribution in [-0.4, -0.2) is 5.91 Å². The molecule has 22 heavy (non-hydrogen) atoms. The van der Waals surface area contributed by atoms with E-state index in [1.54, 1.807) is 0 Å². The minimum absolute atomic E-state index is 0.0524. The fraction of sp³-hybridized carbons (Fsp3) is 0.278. The first-order valence-electron chi connectivity index (χ1n) is 7.60. The predicted molar refractivity (Wildman–Crippen MR) is 91.6 cm³/mol. The molecule has 1 aliphatic carbocycles. The van der Waals surface area contributed by atoms with Gasteiger partial charge in [-0.15, -0.1) is 0 Å². The molecule has 0 aliphatic heterocycles. The minimum atomic E-state index is 0.0524. The van der Waals surface area contributed by atoms with Crippen molar-refractivity contribution in [2.45, 2.75) is 30.1 Å². The van der Waals surface area contributed by atoms with E-state index in [0.717, 1.165) is 29.8 Å². The number of hydrogen-bond acceptors (Lipinski definition) is 3. The second kappa shape index (κ2) is 6.99. The standard InChI is InChI=1S/C18H20N2OS/c19-22-15-9-4-8-14(12-15)20-18(21)17-11-5-10-16(17)13-6-2-1-3-7-13/h1-4,6-9,12,16-17H,5,10-11,19H2,(H,20,21)/t16-,17-/m1/s1. The quantitative estimate of drug-likeness (QED) is 0.833. The lowest BCUT2D eigenvalue weighted by molar-refractivity contribution is -0.120. The molecule has 0 bridgehead atoms. The van der Waals surface area contributed by atoms with Gasteiger partial charge in [0, 0.05) is 16.5 Å². The molecule has 3 nitrogen and oxygen atoms in total. The zero-order valence-electron chi connectivity index (χ0n) is 12.4. The summed E-state index contributed by atoms with van der Waals surface area (Å²) in [5.41, 5.74) is 2.09. The van der Waals surface area contributed by atoms with Gasteiger partial charge in [-0.1, -0.05) is 42.8 Å². The van der Waals surface area contributed by atoms with Crippen molar-refractivity contribution in [2.75, 3.05) is 5.32 Å². The molecule has 1 aliphatic rings. The molecule has 0 heterocycles. The molecule has 1 amide bonds. The molecule has 0 radical (unpaired) electrons. The van der Waals surface area contributed by atoms with Crippen LogP contribution in [0.15, 0.2) is 59.5 Å². The number of hydrogen-bond donors (Lipinski definition) is 2. The Bertz CT molecular complexity index is 645. The Morgan fingerprint density at radius 3 is 2.68 bits per heavy atom. The van der Waals surface area contributed by atoms with E-state index in [4.69, 9.17) is 5.14 Å². The van der Waals surface area contributed by atoms with Crippen LogP contribution in [0.4, 0.5) is 5.69 Å². The van der Waals surface area contributed by atoms with Crippen molar-refractivity contribution in [1.29, 1.82) is 0 Å². The van der Waals surface area contributed by atoms with Gasteiger partial charge in [-0.3, -0.25) is 9.93 Å². The van der Waals surface area contributed by atoms with E-state index in [-0.39, 0.29) is 11.8 Å². The van der Waals surface area contributed by atoms with Gasteiger partial charge >= 0.3 is 0 Å². The molecule has 0 spiro atoms. The maximum absolute atomic E-state index is 12.6. The van der Waals surface area contributed by atoms with E-state index in [0.29, 0.717) is 5.92 Å². The molecule has 3 rings (SSSR count). The first-order chi connectivity index (χ1) is 10.8. The number of amides is 1. The topological polar surface area (TPSA) is 55.1 Å². The van der Waals surface area contributed by atoms with Crippen molar-refractivity contribution < 1.29 is 4.79 Å². The largest absolute Gasteiger partial charge is 0.326 e. The van der Waals surface area contributed by atoms with Crippen molar-refractivity contribution >= 4 is 23.5 Å². The Morgan fingerprint density at radius 1 is 1.09 bits per heavy atom. The van der Waals surface area contributed by atoms with E-state index in [1.165, 1.54) is 17.5 Å². The molecule has 0 unspecified atom stereocenters. The number of rotatable bonds is 4. The number of nitrogens with two attached hydrogens (primary N) is 1. The van der Waals surface area contributed by atoms with Crippen LogP contribution in [0.5, 0.6) is 0 Å². The summed E-state index contributed by atoms with van der Waals surface area (Å²) in [4.78, 5) is 13.6. The van der Waals surface area contributed by atoms with Gasteiger partial charge in [0.1, 0.15) is 0 Å². The van der Waals surface area contributed by atoms with Crippen LogP contribution in [0.2, 0.25) is 0 Å². The lowest BCUT2D eigenvalue weighted by Crippen LogP contribution is -2.24. The van der Waals surface area contributed by atoms with Crippen LogP contribution in [0.1, 0.15) is 30.7 Å². The minimum Gasteiger partial charge on any atom is -0.326 e. The molecular weight excluding hydrogens is 292 g/mol. The maximum Gasteiger partial charge on any atom is 0.228 e. The third kappa shape index (κ3) is 3.34. The summed E-state index contributed by atoms with van der Waals surface area (Å²) in [6.45, 7) is 0. The monoisotopic (exact) mass is 312 g/mol. The molecule has 114 valence electrons. The second-order valence-corrected chi connectivity index (χ2v) is 6.40. The molecule has 2 aromatic carbocycles. The number of carbonyl (C=O) groups excluding carboxylic acids is 1. The molecule has 0 aromatic heterocycles.